The lowest BCUT2D eigenvalue weighted by atomic mass is 10.1. The molecule has 16 heavy (non-hydrogen) atoms. The third-order valence-corrected chi connectivity index (χ3v) is 2.33. The van der Waals surface area contributed by atoms with Gasteiger partial charge < -0.3 is 9.72 Å². The summed E-state index contributed by atoms with van der Waals surface area (Å²) in [6.45, 7) is 1.96. The Hall–Kier alpha value is -2.21. The highest BCUT2D eigenvalue weighted by atomic mass is 16.5. The molecule has 1 heterocycles. The van der Waals surface area contributed by atoms with Gasteiger partial charge in [-0.05, 0) is 25.1 Å². The fourth-order valence-electron chi connectivity index (χ4n) is 1.53. The van der Waals surface area contributed by atoms with Crippen molar-refractivity contribution in [1.29, 1.82) is 0 Å². The summed E-state index contributed by atoms with van der Waals surface area (Å²) in [5, 5.41) is 0. The van der Waals surface area contributed by atoms with Crippen molar-refractivity contribution in [2.75, 3.05) is 7.11 Å². The van der Waals surface area contributed by atoms with E-state index in [4.69, 9.17) is 11.2 Å². The Bertz CT molecular complexity index is 549. The molecule has 80 valence electrons. The van der Waals surface area contributed by atoms with Crippen LogP contribution in [0, 0.1) is 19.3 Å². The maximum atomic E-state index is 5.34. The molecule has 0 unspecified atom stereocenters. The van der Waals surface area contributed by atoms with E-state index in [-0.39, 0.29) is 0 Å². The number of hydrogen-bond donors (Lipinski definition) is 1. The summed E-state index contributed by atoms with van der Waals surface area (Å²) >= 11 is 0. The largest absolute Gasteiger partial charge is 0.496 e. The molecular formula is C13H12N2O. The van der Waals surface area contributed by atoms with E-state index in [0.717, 1.165) is 28.4 Å². The molecule has 3 heteroatoms. The third kappa shape index (κ3) is 1.78. The number of hydrogen-bond acceptors (Lipinski definition) is 2. The van der Waals surface area contributed by atoms with Gasteiger partial charge in [0.05, 0.1) is 12.7 Å². The Morgan fingerprint density at radius 3 is 2.81 bits per heavy atom. The van der Waals surface area contributed by atoms with Gasteiger partial charge in [-0.25, -0.2) is 4.98 Å². The predicted molar refractivity (Wildman–Crippen MR) is 63.2 cm³/mol. The molecule has 2 aromatic rings. The third-order valence-electron chi connectivity index (χ3n) is 2.33. The van der Waals surface area contributed by atoms with E-state index in [1.165, 1.54) is 0 Å². The lowest BCUT2D eigenvalue weighted by molar-refractivity contribution is 0.416. The van der Waals surface area contributed by atoms with Crippen LogP contribution in [-0.4, -0.2) is 17.1 Å². The van der Waals surface area contributed by atoms with Gasteiger partial charge >= 0.3 is 0 Å². The summed E-state index contributed by atoms with van der Waals surface area (Å²) in [6, 6.07) is 5.61. The lowest BCUT2D eigenvalue weighted by Crippen LogP contribution is -1.90. The van der Waals surface area contributed by atoms with Crippen molar-refractivity contribution >= 4 is 0 Å². The second-order valence-corrected chi connectivity index (χ2v) is 3.47. The van der Waals surface area contributed by atoms with Crippen molar-refractivity contribution < 1.29 is 4.74 Å². The van der Waals surface area contributed by atoms with Gasteiger partial charge in [-0.15, -0.1) is 6.42 Å². The van der Waals surface area contributed by atoms with Crippen LogP contribution < -0.4 is 4.74 Å². The number of nitrogens with zero attached hydrogens (tertiary/aromatic N) is 1. The quantitative estimate of drug-likeness (QED) is 0.776. The summed E-state index contributed by atoms with van der Waals surface area (Å²) in [6.07, 6.45) is 7.12. The predicted octanol–water partition coefficient (Wildman–Crippen LogP) is 2.38. The van der Waals surface area contributed by atoms with Crippen LogP contribution in [0.15, 0.2) is 24.4 Å². The van der Waals surface area contributed by atoms with Crippen molar-refractivity contribution in [3.8, 4) is 29.5 Å². The second-order valence-electron chi connectivity index (χ2n) is 3.47. The molecule has 0 atom stereocenters. The van der Waals surface area contributed by atoms with Crippen LogP contribution in [0.2, 0.25) is 0 Å². The molecule has 2 rings (SSSR count). The number of aromatic amines is 1. The molecule has 1 N–H and O–H groups in total. The van der Waals surface area contributed by atoms with E-state index < -0.39 is 0 Å². The van der Waals surface area contributed by atoms with Crippen LogP contribution >= 0.6 is 0 Å². The minimum Gasteiger partial charge on any atom is -0.496 e. The van der Waals surface area contributed by atoms with E-state index in [1.807, 2.05) is 25.1 Å². The van der Waals surface area contributed by atoms with Gasteiger partial charge in [0.1, 0.15) is 11.6 Å². The highest BCUT2D eigenvalue weighted by Gasteiger charge is 2.08. The summed E-state index contributed by atoms with van der Waals surface area (Å²) in [4.78, 5) is 7.42. The highest BCUT2D eigenvalue weighted by Crippen LogP contribution is 2.28. The number of imidazole rings is 1. The van der Waals surface area contributed by atoms with Gasteiger partial charge in [0.15, 0.2) is 0 Å². The zero-order valence-electron chi connectivity index (χ0n) is 9.24. The first kappa shape index (κ1) is 10.3. The molecule has 0 amide bonds. The van der Waals surface area contributed by atoms with Crippen LogP contribution in [0.3, 0.4) is 0 Å². The molecule has 0 aliphatic heterocycles. The maximum absolute atomic E-state index is 5.34. The van der Waals surface area contributed by atoms with Crippen molar-refractivity contribution in [3.63, 3.8) is 0 Å². The Kier molecular flexibility index (Phi) is 2.65. The Morgan fingerprint density at radius 1 is 1.44 bits per heavy atom. The maximum Gasteiger partial charge on any atom is 0.141 e. The Balaban J connectivity index is 2.53. The summed E-state index contributed by atoms with van der Waals surface area (Å²) in [7, 11) is 1.62. The number of ether oxygens (including phenoxy) is 1. The highest BCUT2D eigenvalue weighted by molar-refractivity contribution is 5.66. The molecule has 0 saturated heterocycles. The number of benzene rings is 1. The Morgan fingerprint density at radius 2 is 2.25 bits per heavy atom. The number of terminal acetylenes is 1. The summed E-state index contributed by atoms with van der Waals surface area (Å²) in [5.74, 6) is 4.09. The van der Waals surface area contributed by atoms with Gasteiger partial charge in [0, 0.05) is 17.5 Å². The van der Waals surface area contributed by atoms with Crippen LogP contribution in [0.4, 0.5) is 0 Å². The van der Waals surface area contributed by atoms with Crippen LogP contribution in [0.1, 0.15) is 11.3 Å². The number of aromatic nitrogens is 2. The average Bonchev–Trinajstić information content (AvgIpc) is 2.74. The zero-order valence-corrected chi connectivity index (χ0v) is 9.24. The molecule has 1 aromatic carbocycles. The van der Waals surface area contributed by atoms with E-state index >= 15 is 0 Å². The Labute approximate surface area is 94.5 Å². The molecule has 0 saturated carbocycles. The first-order valence-corrected chi connectivity index (χ1v) is 4.91. The molecule has 0 bridgehead atoms. The first-order valence-electron chi connectivity index (χ1n) is 4.91. The fraction of sp³-hybridized carbons (Fsp3) is 0.154. The van der Waals surface area contributed by atoms with E-state index in [1.54, 1.807) is 13.3 Å². The number of rotatable bonds is 2. The van der Waals surface area contributed by atoms with Crippen molar-refractivity contribution in [1.82, 2.24) is 9.97 Å². The molecule has 0 aliphatic carbocycles. The molecule has 3 nitrogen and oxygen atoms in total. The van der Waals surface area contributed by atoms with Crippen LogP contribution in [0.5, 0.6) is 5.75 Å². The summed E-state index contributed by atoms with van der Waals surface area (Å²) in [5.41, 5.74) is 2.72. The number of aryl methyl sites for hydroxylation is 1. The van der Waals surface area contributed by atoms with Crippen LogP contribution in [-0.2, 0) is 0 Å². The number of H-pyrrole nitrogens is 1. The SMILES string of the molecule is C#Cc1ccc(-c2ncc(C)[nH]2)c(OC)c1. The monoisotopic (exact) mass is 212 g/mol. The molecular weight excluding hydrogens is 200 g/mol. The van der Waals surface area contributed by atoms with Crippen molar-refractivity contribution in [3.05, 3.63) is 35.7 Å². The minimum absolute atomic E-state index is 0.727. The van der Waals surface area contributed by atoms with Gasteiger partial charge in [-0.1, -0.05) is 5.92 Å². The standard InChI is InChI=1S/C13H12N2O/c1-4-10-5-6-11(12(7-10)16-3)13-14-8-9(2)15-13/h1,5-8H,2-3H3,(H,14,15). The minimum atomic E-state index is 0.727. The van der Waals surface area contributed by atoms with Crippen molar-refractivity contribution in [2.45, 2.75) is 6.92 Å². The first-order chi connectivity index (χ1) is 7.74. The number of methoxy groups -OCH3 is 1. The van der Waals surface area contributed by atoms with Crippen molar-refractivity contribution in [2.24, 2.45) is 0 Å². The number of nitrogens with one attached hydrogen (secondary N) is 1. The average molecular weight is 212 g/mol. The molecule has 0 aliphatic rings. The summed E-state index contributed by atoms with van der Waals surface area (Å²) < 4.78 is 5.30. The zero-order chi connectivity index (χ0) is 11.5. The van der Waals surface area contributed by atoms with E-state index in [9.17, 15) is 0 Å². The van der Waals surface area contributed by atoms with E-state index in [0.29, 0.717) is 0 Å². The molecule has 0 fully saturated rings. The second kappa shape index (κ2) is 4.11. The van der Waals surface area contributed by atoms with E-state index in [2.05, 4.69) is 15.9 Å². The molecule has 1 aromatic heterocycles. The fourth-order valence-corrected chi connectivity index (χ4v) is 1.53. The smallest absolute Gasteiger partial charge is 0.141 e. The molecule has 0 radical (unpaired) electrons. The topological polar surface area (TPSA) is 37.9 Å². The lowest BCUT2D eigenvalue weighted by Gasteiger charge is -2.06. The van der Waals surface area contributed by atoms with Gasteiger partial charge in [-0.3, -0.25) is 0 Å². The molecule has 0 spiro atoms. The van der Waals surface area contributed by atoms with Gasteiger partial charge in [0.25, 0.3) is 0 Å². The van der Waals surface area contributed by atoms with Gasteiger partial charge in [0.2, 0.25) is 0 Å². The van der Waals surface area contributed by atoms with Gasteiger partial charge in [-0.2, -0.15) is 0 Å². The normalized spacial score (nSPS) is 9.81. The van der Waals surface area contributed by atoms with Crippen LogP contribution in [0.25, 0.3) is 11.4 Å².